The van der Waals surface area contributed by atoms with Crippen LogP contribution in [0.3, 0.4) is 0 Å². The van der Waals surface area contributed by atoms with E-state index in [9.17, 15) is 14.3 Å². The van der Waals surface area contributed by atoms with Gasteiger partial charge in [-0.2, -0.15) is 0 Å². The van der Waals surface area contributed by atoms with Crippen molar-refractivity contribution < 1.29 is 19.0 Å². The lowest BCUT2D eigenvalue weighted by Crippen LogP contribution is -2.41. The van der Waals surface area contributed by atoms with Crippen LogP contribution in [-0.4, -0.2) is 30.9 Å². The first-order valence-electron chi connectivity index (χ1n) is 8.09. The van der Waals surface area contributed by atoms with Crippen molar-refractivity contribution in [1.29, 1.82) is 0 Å². The van der Waals surface area contributed by atoms with Crippen molar-refractivity contribution in [3.63, 3.8) is 0 Å². The normalized spacial score (nSPS) is 13.0. The Hall–Kier alpha value is -2.60. The van der Waals surface area contributed by atoms with Crippen molar-refractivity contribution in [2.45, 2.75) is 25.5 Å². The molecule has 0 saturated carbocycles. The Balaban J connectivity index is 1.80. The van der Waals surface area contributed by atoms with Gasteiger partial charge in [-0.1, -0.05) is 36.4 Å². The van der Waals surface area contributed by atoms with Crippen LogP contribution in [0.5, 0.6) is 5.75 Å². The van der Waals surface area contributed by atoms with E-state index < -0.39 is 18.0 Å². The number of rotatable bonds is 7. The summed E-state index contributed by atoms with van der Waals surface area (Å²) < 4.78 is 18.6. The van der Waals surface area contributed by atoms with Crippen molar-refractivity contribution in [3.8, 4) is 5.75 Å². The molecule has 0 radical (unpaired) electrons. The number of amides is 2. The third-order valence-corrected chi connectivity index (χ3v) is 3.84. The minimum atomic E-state index is -0.679. The first-order valence-corrected chi connectivity index (χ1v) is 8.09. The third-order valence-electron chi connectivity index (χ3n) is 3.84. The summed E-state index contributed by atoms with van der Waals surface area (Å²) in [5, 5.41) is 15.3. The van der Waals surface area contributed by atoms with Crippen LogP contribution in [0.1, 0.15) is 24.1 Å². The lowest BCUT2D eigenvalue weighted by atomic mass is 10.1. The van der Waals surface area contributed by atoms with Crippen LogP contribution >= 0.6 is 0 Å². The molecule has 3 N–H and O–H groups in total. The second kappa shape index (κ2) is 9.03. The topological polar surface area (TPSA) is 70.6 Å². The molecule has 2 amide bonds. The molecule has 0 spiro atoms. The number of halogens is 1. The molecular weight excluding hydrogens is 323 g/mol. The fraction of sp³-hybridized carbons (Fsp3) is 0.316. The van der Waals surface area contributed by atoms with Crippen molar-refractivity contribution in [2.75, 3.05) is 13.7 Å². The van der Waals surface area contributed by atoms with Gasteiger partial charge >= 0.3 is 6.03 Å². The first kappa shape index (κ1) is 18.7. The summed E-state index contributed by atoms with van der Waals surface area (Å²) in [5.41, 5.74) is 1.62. The summed E-state index contributed by atoms with van der Waals surface area (Å²) >= 11 is 0. The molecule has 2 atom stereocenters. The van der Waals surface area contributed by atoms with Crippen molar-refractivity contribution in [1.82, 2.24) is 10.6 Å². The average Bonchev–Trinajstić information content (AvgIpc) is 2.60. The molecule has 0 aliphatic heterocycles. The summed E-state index contributed by atoms with van der Waals surface area (Å²) in [5.74, 6) is -0.322. The minimum absolute atomic E-state index is 0.129. The highest BCUT2D eigenvalue weighted by Crippen LogP contribution is 2.21. The molecule has 0 bridgehead atoms. The van der Waals surface area contributed by atoms with Gasteiger partial charge in [0.15, 0.2) is 11.6 Å². The van der Waals surface area contributed by atoms with Crippen LogP contribution in [0, 0.1) is 5.82 Å². The molecule has 2 unspecified atom stereocenters. The number of aliphatic hydroxyl groups is 1. The molecule has 134 valence electrons. The average molecular weight is 346 g/mol. The molecule has 0 aliphatic carbocycles. The standard InChI is InChI=1S/C19H23FN2O3/c1-13(15-8-9-18(25-2)17(20)11-15)22-19(24)21-12-16(23)10-14-6-4-3-5-7-14/h3-9,11,13,16,23H,10,12H2,1-2H3,(H2,21,22,24). The smallest absolute Gasteiger partial charge is 0.315 e. The predicted octanol–water partition coefficient (Wildman–Crippen LogP) is 2.80. The van der Waals surface area contributed by atoms with Crippen LogP contribution in [0.15, 0.2) is 48.5 Å². The number of methoxy groups -OCH3 is 1. The highest BCUT2D eigenvalue weighted by Gasteiger charge is 2.13. The highest BCUT2D eigenvalue weighted by molar-refractivity contribution is 5.74. The Bertz CT molecular complexity index is 694. The molecule has 2 aromatic carbocycles. The fourth-order valence-electron chi connectivity index (χ4n) is 2.45. The Morgan fingerprint density at radius 3 is 2.60 bits per heavy atom. The molecule has 2 rings (SSSR count). The summed E-state index contributed by atoms with van der Waals surface area (Å²) in [7, 11) is 1.40. The quantitative estimate of drug-likeness (QED) is 0.722. The van der Waals surface area contributed by atoms with E-state index in [1.807, 2.05) is 30.3 Å². The van der Waals surface area contributed by atoms with Crippen molar-refractivity contribution in [3.05, 3.63) is 65.5 Å². The van der Waals surface area contributed by atoms with Gasteiger partial charge in [-0.15, -0.1) is 0 Å². The Morgan fingerprint density at radius 1 is 1.24 bits per heavy atom. The van der Waals surface area contributed by atoms with Crippen LogP contribution < -0.4 is 15.4 Å². The number of benzene rings is 2. The van der Waals surface area contributed by atoms with Gasteiger partial charge in [0.25, 0.3) is 0 Å². The predicted molar refractivity (Wildman–Crippen MR) is 94.1 cm³/mol. The Labute approximate surface area is 146 Å². The number of hydrogen-bond donors (Lipinski definition) is 3. The number of carbonyl (C=O) groups is 1. The zero-order chi connectivity index (χ0) is 18.2. The third kappa shape index (κ3) is 5.76. The molecule has 5 nitrogen and oxygen atoms in total. The fourth-order valence-corrected chi connectivity index (χ4v) is 2.45. The summed E-state index contributed by atoms with van der Waals surface area (Å²) in [6.45, 7) is 1.88. The van der Waals surface area contributed by atoms with Gasteiger partial charge in [0, 0.05) is 13.0 Å². The number of nitrogens with one attached hydrogen (secondary N) is 2. The van der Waals surface area contributed by atoms with Crippen LogP contribution in [0.25, 0.3) is 0 Å². The van der Waals surface area contributed by atoms with Gasteiger partial charge in [0.05, 0.1) is 19.3 Å². The van der Waals surface area contributed by atoms with Crippen LogP contribution in [0.2, 0.25) is 0 Å². The van der Waals surface area contributed by atoms with E-state index >= 15 is 0 Å². The SMILES string of the molecule is COc1ccc(C(C)NC(=O)NCC(O)Cc2ccccc2)cc1F. The molecule has 0 aliphatic rings. The number of carbonyl (C=O) groups excluding carboxylic acids is 1. The lowest BCUT2D eigenvalue weighted by molar-refractivity contribution is 0.170. The molecule has 0 saturated heterocycles. The van der Waals surface area contributed by atoms with Gasteiger partial charge < -0.3 is 20.5 Å². The van der Waals surface area contributed by atoms with Gasteiger partial charge in [0.1, 0.15) is 0 Å². The number of hydrogen-bond acceptors (Lipinski definition) is 3. The van der Waals surface area contributed by atoms with E-state index in [0.29, 0.717) is 12.0 Å². The first-order chi connectivity index (χ1) is 12.0. The number of ether oxygens (including phenoxy) is 1. The van der Waals surface area contributed by atoms with Gasteiger partial charge in [-0.25, -0.2) is 9.18 Å². The molecule has 0 fully saturated rings. The summed E-state index contributed by atoms with van der Waals surface area (Å²) in [6.07, 6.45) is -0.220. The Morgan fingerprint density at radius 2 is 1.96 bits per heavy atom. The molecule has 0 heterocycles. The number of urea groups is 1. The second-order valence-corrected chi connectivity index (χ2v) is 5.81. The summed E-state index contributed by atoms with van der Waals surface area (Å²) in [4.78, 5) is 11.9. The molecule has 2 aromatic rings. The summed E-state index contributed by atoms with van der Waals surface area (Å²) in [6, 6.07) is 13.3. The van der Waals surface area contributed by atoms with E-state index in [0.717, 1.165) is 5.56 Å². The largest absolute Gasteiger partial charge is 0.494 e. The van der Waals surface area contributed by atoms with Gasteiger partial charge in [0.2, 0.25) is 0 Å². The zero-order valence-electron chi connectivity index (χ0n) is 14.3. The Kier molecular flexibility index (Phi) is 6.77. The maximum absolute atomic E-state index is 13.7. The lowest BCUT2D eigenvalue weighted by Gasteiger charge is -2.17. The van der Waals surface area contributed by atoms with Crippen molar-refractivity contribution >= 4 is 6.03 Å². The second-order valence-electron chi connectivity index (χ2n) is 5.81. The highest BCUT2D eigenvalue weighted by atomic mass is 19.1. The molecule has 6 heteroatoms. The zero-order valence-corrected chi connectivity index (χ0v) is 14.3. The molecule has 0 aromatic heterocycles. The van der Waals surface area contributed by atoms with E-state index in [1.165, 1.54) is 19.2 Å². The molecule has 25 heavy (non-hydrogen) atoms. The monoisotopic (exact) mass is 346 g/mol. The van der Waals surface area contributed by atoms with Crippen molar-refractivity contribution in [2.24, 2.45) is 0 Å². The minimum Gasteiger partial charge on any atom is -0.494 e. The van der Waals surface area contributed by atoms with Gasteiger partial charge in [-0.05, 0) is 30.2 Å². The van der Waals surface area contributed by atoms with E-state index in [2.05, 4.69) is 10.6 Å². The van der Waals surface area contributed by atoms with E-state index in [-0.39, 0.29) is 18.3 Å². The maximum atomic E-state index is 13.7. The van der Waals surface area contributed by atoms with Crippen LogP contribution in [0.4, 0.5) is 9.18 Å². The van der Waals surface area contributed by atoms with Gasteiger partial charge in [-0.3, -0.25) is 0 Å². The van der Waals surface area contributed by atoms with E-state index in [4.69, 9.17) is 4.74 Å². The molecular formula is C19H23FN2O3. The van der Waals surface area contributed by atoms with E-state index in [1.54, 1.807) is 13.0 Å². The van der Waals surface area contributed by atoms with Crippen LogP contribution in [-0.2, 0) is 6.42 Å². The maximum Gasteiger partial charge on any atom is 0.315 e. The number of aliphatic hydroxyl groups excluding tert-OH is 1.